The van der Waals surface area contributed by atoms with Gasteiger partial charge >= 0.3 is 6.03 Å². The molecule has 9 heteroatoms. The lowest BCUT2D eigenvalue weighted by atomic mass is 9.94. The van der Waals surface area contributed by atoms with Gasteiger partial charge in [-0.3, -0.25) is 4.79 Å². The predicted molar refractivity (Wildman–Crippen MR) is 121 cm³/mol. The summed E-state index contributed by atoms with van der Waals surface area (Å²) in [5, 5.41) is 7.84. The Morgan fingerprint density at radius 3 is 2.10 bits per heavy atom. The Morgan fingerprint density at radius 2 is 1.52 bits per heavy atom. The van der Waals surface area contributed by atoms with Crippen molar-refractivity contribution in [1.82, 2.24) is 9.62 Å². The van der Waals surface area contributed by atoms with Crippen molar-refractivity contribution in [3.8, 4) is 0 Å². The summed E-state index contributed by atoms with van der Waals surface area (Å²) in [4.78, 5) is 24.1. The Labute approximate surface area is 183 Å². The normalized spacial score (nSPS) is 19.5. The molecule has 2 atom stereocenters. The molecule has 0 spiro atoms. The second-order valence-corrected chi connectivity index (χ2v) is 9.97. The summed E-state index contributed by atoms with van der Waals surface area (Å²) >= 11 is 0. The van der Waals surface area contributed by atoms with E-state index < -0.39 is 15.9 Å². The molecule has 3 N–H and O–H groups in total. The van der Waals surface area contributed by atoms with Gasteiger partial charge in [0.1, 0.15) is 0 Å². The van der Waals surface area contributed by atoms with Crippen molar-refractivity contribution < 1.29 is 18.0 Å². The highest BCUT2D eigenvalue weighted by Crippen LogP contribution is 2.27. The maximum absolute atomic E-state index is 13.1. The fraction of sp³-hybridized carbons (Fsp3) is 0.364. The molecule has 0 bridgehead atoms. The number of urea groups is 1. The highest BCUT2D eigenvalue weighted by molar-refractivity contribution is 7.89. The lowest BCUT2D eigenvalue weighted by molar-refractivity contribution is 0.102. The van der Waals surface area contributed by atoms with Crippen LogP contribution in [0.3, 0.4) is 0 Å². The summed E-state index contributed by atoms with van der Waals surface area (Å²) in [6.45, 7) is 5.08. The van der Waals surface area contributed by atoms with Gasteiger partial charge in [-0.05, 0) is 60.7 Å². The zero-order chi connectivity index (χ0) is 22.6. The predicted octanol–water partition coefficient (Wildman–Crippen LogP) is 3.36. The van der Waals surface area contributed by atoms with E-state index in [9.17, 15) is 18.0 Å². The molecule has 2 aromatic carbocycles. The van der Waals surface area contributed by atoms with Gasteiger partial charge in [-0.25, -0.2) is 13.2 Å². The molecule has 8 nitrogen and oxygen atoms in total. The Kier molecular flexibility index (Phi) is 6.97. The fourth-order valence-electron chi connectivity index (χ4n) is 3.78. The van der Waals surface area contributed by atoms with Gasteiger partial charge in [-0.15, -0.1) is 0 Å². The quantitative estimate of drug-likeness (QED) is 0.657. The second-order valence-electron chi connectivity index (χ2n) is 8.03. The number of nitrogens with one attached hydrogen (secondary N) is 3. The van der Waals surface area contributed by atoms with Gasteiger partial charge in [-0.1, -0.05) is 19.9 Å². The van der Waals surface area contributed by atoms with Crippen LogP contribution in [0.2, 0.25) is 0 Å². The largest absolute Gasteiger partial charge is 0.341 e. The summed E-state index contributed by atoms with van der Waals surface area (Å²) in [6, 6.07) is 12.4. The molecule has 166 valence electrons. The van der Waals surface area contributed by atoms with Crippen molar-refractivity contribution >= 4 is 33.3 Å². The molecule has 1 aliphatic rings. The molecule has 31 heavy (non-hydrogen) atoms. The van der Waals surface area contributed by atoms with Crippen LogP contribution >= 0.6 is 0 Å². The number of carbonyl (C=O) groups is 2. The third-order valence-corrected chi connectivity index (χ3v) is 7.02. The number of piperidine rings is 1. The second kappa shape index (κ2) is 9.49. The zero-order valence-electron chi connectivity index (χ0n) is 17.9. The van der Waals surface area contributed by atoms with E-state index in [-0.39, 0.29) is 16.5 Å². The van der Waals surface area contributed by atoms with E-state index in [1.807, 2.05) is 0 Å². The van der Waals surface area contributed by atoms with E-state index in [1.165, 1.54) is 23.5 Å². The van der Waals surface area contributed by atoms with E-state index in [1.54, 1.807) is 36.4 Å². The Bertz CT molecular complexity index is 1040. The van der Waals surface area contributed by atoms with Gasteiger partial charge in [0.15, 0.2) is 0 Å². The number of anilines is 2. The van der Waals surface area contributed by atoms with Crippen molar-refractivity contribution in [2.24, 2.45) is 11.8 Å². The maximum Gasteiger partial charge on any atom is 0.318 e. The van der Waals surface area contributed by atoms with Gasteiger partial charge < -0.3 is 16.0 Å². The van der Waals surface area contributed by atoms with Crippen LogP contribution in [0.15, 0.2) is 53.4 Å². The van der Waals surface area contributed by atoms with E-state index in [0.717, 1.165) is 6.42 Å². The minimum Gasteiger partial charge on any atom is -0.341 e. The molecule has 2 aromatic rings. The Balaban J connectivity index is 1.73. The number of rotatable bonds is 5. The van der Waals surface area contributed by atoms with Crippen molar-refractivity contribution in [1.29, 1.82) is 0 Å². The number of amides is 3. The molecule has 0 radical (unpaired) electrons. The van der Waals surface area contributed by atoms with Crippen molar-refractivity contribution in [2.45, 2.75) is 25.2 Å². The van der Waals surface area contributed by atoms with Gasteiger partial charge in [0.2, 0.25) is 10.0 Å². The molecular formula is C22H28N4O4S. The molecule has 2 unspecified atom stereocenters. The molecule has 0 saturated carbocycles. The minimum absolute atomic E-state index is 0.117. The smallest absolute Gasteiger partial charge is 0.318 e. The first-order valence-corrected chi connectivity index (χ1v) is 11.6. The number of benzene rings is 2. The summed E-state index contributed by atoms with van der Waals surface area (Å²) in [7, 11) is -2.15. The Hall–Kier alpha value is -2.91. The molecule has 1 aliphatic heterocycles. The number of carbonyl (C=O) groups excluding carboxylic acids is 2. The molecule has 0 aliphatic carbocycles. The molecule has 3 amide bonds. The van der Waals surface area contributed by atoms with Crippen molar-refractivity contribution in [3.05, 3.63) is 54.1 Å². The average molecular weight is 445 g/mol. The van der Waals surface area contributed by atoms with E-state index >= 15 is 0 Å². The first-order chi connectivity index (χ1) is 14.7. The lowest BCUT2D eigenvalue weighted by Crippen LogP contribution is -2.42. The summed E-state index contributed by atoms with van der Waals surface area (Å²) in [5.41, 5.74) is 1.36. The maximum atomic E-state index is 13.1. The third-order valence-electron chi connectivity index (χ3n) is 5.20. The molecule has 1 heterocycles. The first kappa shape index (κ1) is 22.8. The minimum atomic E-state index is -3.67. The van der Waals surface area contributed by atoms with E-state index in [2.05, 4.69) is 29.8 Å². The van der Waals surface area contributed by atoms with Crippen LogP contribution in [0.1, 0.15) is 30.6 Å². The van der Waals surface area contributed by atoms with Crippen LogP contribution in [0.25, 0.3) is 0 Å². The van der Waals surface area contributed by atoms with Gasteiger partial charge in [0.05, 0.1) is 4.90 Å². The SMILES string of the molecule is CNC(=O)Nc1ccc(NC(=O)c2cccc(S(=O)(=O)N3CC(C)CC(C)C3)c2)cc1. The standard InChI is InChI=1S/C22H28N4O4S/c1-15-11-16(2)14-26(13-15)31(29,30)20-6-4-5-17(12-20)21(27)24-18-7-9-19(10-8-18)25-22(28)23-3/h4-10,12,15-16H,11,13-14H2,1-3H3,(H,24,27)(H2,23,25,28). The molecule has 1 fully saturated rings. The highest BCUT2D eigenvalue weighted by Gasteiger charge is 2.31. The van der Waals surface area contributed by atoms with Crippen LogP contribution in [0, 0.1) is 11.8 Å². The topological polar surface area (TPSA) is 108 Å². The average Bonchev–Trinajstić information content (AvgIpc) is 2.74. The van der Waals surface area contributed by atoms with Crippen LogP contribution < -0.4 is 16.0 Å². The monoisotopic (exact) mass is 444 g/mol. The number of nitrogens with zero attached hydrogens (tertiary/aromatic N) is 1. The van der Waals surface area contributed by atoms with Gasteiger partial charge in [0, 0.05) is 37.1 Å². The van der Waals surface area contributed by atoms with Crippen LogP contribution in [0.5, 0.6) is 0 Å². The van der Waals surface area contributed by atoms with E-state index in [0.29, 0.717) is 36.3 Å². The molecule has 3 rings (SSSR count). The third kappa shape index (κ3) is 5.62. The summed E-state index contributed by atoms with van der Waals surface area (Å²) in [5.74, 6) is 0.182. The van der Waals surface area contributed by atoms with Crippen molar-refractivity contribution in [3.63, 3.8) is 0 Å². The van der Waals surface area contributed by atoms with Gasteiger partial charge in [-0.2, -0.15) is 4.31 Å². The summed E-state index contributed by atoms with van der Waals surface area (Å²) < 4.78 is 27.7. The fourth-order valence-corrected chi connectivity index (χ4v) is 5.51. The Morgan fingerprint density at radius 1 is 0.935 bits per heavy atom. The van der Waals surface area contributed by atoms with Crippen LogP contribution in [-0.2, 0) is 10.0 Å². The molecule has 0 aromatic heterocycles. The van der Waals surface area contributed by atoms with Crippen LogP contribution in [-0.4, -0.2) is 44.8 Å². The first-order valence-electron chi connectivity index (χ1n) is 10.2. The molecular weight excluding hydrogens is 416 g/mol. The summed E-state index contributed by atoms with van der Waals surface area (Å²) in [6.07, 6.45) is 1.01. The zero-order valence-corrected chi connectivity index (χ0v) is 18.7. The number of hydrogen-bond donors (Lipinski definition) is 3. The number of hydrogen-bond acceptors (Lipinski definition) is 4. The van der Waals surface area contributed by atoms with Gasteiger partial charge in [0.25, 0.3) is 5.91 Å². The number of sulfonamides is 1. The van der Waals surface area contributed by atoms with Crippen molar-refractivity contribution in [2.75, 3.05) is 30.8 Å². The van der Waals surface area contributed by atoms with E-state index in [4.69, 9.17) is 0 Å². The highest BCUT2D eigenvalue weighted by atomic mass is 32.2. The molecule has 1 saturated heterocycles. The van der Waals surface area contributed by atoms with Crippen LogP contribution in [0.4, 0.5) is 16.2 Å². The lowest BCUT2D eigenvalue weighted by Gasteiger charge is -2.34.